The van der Waals surface area contributed by atoms with Gasteiger partial charge in [-0.3, -0.25) is 4.90 Å². The Hall–Kier alpha value is -3.49. The van der Waals surface area contributed by atoms with Gasteiger partial charge in [0.1, 0.15) is 23.6 Å². The highest BCUT2D eigenvalue weighted by atomic mass is 19.1. The number of aryl methyl sites for hydroxylation is 1. The molecule has 1 amide bonds. The van der Waals surface area contributed by atoms with Crippen LogP contribution in [0.1, 0.15) is 13.3 Å². The van der Waals surface area contributed by atoms with E-state index in [-0.39, 0.29) is 6.10 Å². The molecular weight excluding hydrogens is 363 g/mol. The number of amides is 1. The summed E-state index contributed by atoms with van der Waals surface area (Å²) in [6.07, 6.45) is 3.29. The predicted molar refractivity (Wildman–Crippen MR) is 102 cm³/mol. The van der Waals surface area contributed by atoms with Gasteiger partial charge in [0.2, 0.25) is 0 Å². The molecule has 1 fully saturated rings. The zero-order valence-corrected chi connectivity index (χ0v) is 15.5. The van der Waals surface area contributed by atoms with Crippen molar-refractivity contribution < 1.29 is 13.9 Å². The number of carbonyl (C=O) groups is 1. The van der Waals surface area contributed by atoms with Crippen LogP contribution in [0.3, 0.4) is 0 Å². The van der Waals surface area contributed by atoms with Crippen molar-refractivity contribution in [2.45, 2.75) is 19.4 Å². The van der Waals surface area contributed by atoms with Gasteiger partial charge in [-0.05, 0) is 36.8 Å². The fourth-order valence-corrected chi connectivity index (χ4v) is 3.01. The zero-order valence-electron chi connectivity index (χ0n) is 15.5. The van der Waals surface area contributed by atoms with Crippen LogP contribution in [-0.4, -0.2) is 38.7 Å². The van der Waals surface area contributed by atoms with E-state index in [1.54, 1.807) is 48.4 Å². The summed E-state index contributed by atoms with van der Waals surface area (Å²) in [4.78, 5) is 17.7. The molecule has 8 nitrogen and oxygen atoms in total. The molecule has 4 rings (SSSR count). The number of anilines is 3. The zero-order chi connectivity index (χ0) is 19.7. The predicted octanol–water partition coefficient (Wildman–Crippen LogP) is 3.50. The number of hydrogen-bond donors (Lipinski definition) is 1. The Balaban J connectivity index is 1.53. The number of pyridine rings is 1. The van der Waals surface area contributed by atoms with E-state index in [0.29, 0.717) is 35.0 Å². The highest BCUT2D eigenvalue weighted by molar-refractivity contribution is 5.90. The minimum absolute atomic E-state index is 0.158. The molecule has 0 saturated carbocycles. The first-order valence-corrected chi connectivity index (χ1v) is 8.91. The fraction of sp³-hybridized carbons (Fsp3) is 0.263. The molecule has 9 heteroatoms. The summed E-state index contributed by atoms with van der Waals surface area (Å²) >= 11 is 0. The summed E-state index contributed by atoms with van der Waals surface area (Å²) in [6.45, 7) is 2.38. The van der Waals surface area contributed by atoms with Gasteiger partial charge in [-0.2, -0.15) is 0 Å². The number of ether oxygens (including phenoxy) is 1. The lowest BCUT2D eigenvalue weighted by molar-refractivity contribution is 0.139. The average Bonchev–Trinajstić information content (AvgIpc) is 3.28. The molecule has 3 aromatic rings. The minimum Gasteiger partial charge on any atom is -0.444 e. The molecule has 2 aromatic heterocycles. The smallest absolute Gasteiger partial charge is 0.414 e. The SMILES string of the molecule is CC[C@H]1CN(c2ccc(-c3ccc(Nc4cnnn4C)nc3)c(F)c2)C(=O)O1. The normalized spacial score (nSPS) is 16.3. The van der Waals surface area contributed by atoms with Gasteiger partial charge in [0.25, 0.3) is 0 Å². The number of cyclic esters (lactones) is 1. The molecule has 1 N–H and O–H groups in total. The standard InChI is InChI=1S/C19H19FN6O2/c1-3-14-11-26(19(27)28-14)13-5-6-15(16(20)8-13)12-4-7-17(21-9-12)23-18-10-22-24-25(18)2/h4-10,14H,3,11H2,1-2H3,(H,21,23)/t14-/m0/s1. The molecule has 0 spiro atoms. The molecule has 144 valence electrons. The van der Waals surface area contributed by atoms with Crippen molar-refractivity contribution in [3.63, 3.8) is 0 Å². The highest BCUT2D eigenvalue weighted by Gasteiger charge is 2.31. The third-order valence-corrected chi connectivity index (χ3v) is 4.64. The monoisotopic (exact) mass is 382 g/mol. The number of nitrogens with one attached hydrogen (secondary N) is 1. The van der Waals surface area contributed by atoms with Gasteiger partial charge in [0, 0.05) is 24.4 Å². The lowest BCUT2D eigenvalue weighted by atomic mass is 10.1. The van der Waals surface area contributed by atoms with Crippen molar-refractivity contribution in [2.75, 3.05) is 16.8 Å². The van der Waals surface area contributed by atoms with Gasteiger partial charge in [-0.1, -0.05) is 12.1 Å². The van der Waals surface area contributed by atoms with Gasteiger partial charge in [0.05, 0.1) is 18.4 Å². The number of benzene rings is 1. The van der Waals surface area contributed by atoms with Gasteiger partial charge in [0.15, 0.2) is 0 Å². The lowest BCUT2D eigenvalue weighted by Crippen LogP contribution is -2.24. The van der Waals surface area contributed by atoms with E-state index in [4.69, 9.17) is 4.74 Å². The molecule has 3 heterocycles. The second kappa shape index (κ2) is 7.26. The van der Waals surface area contributed by atoms with Crippen molar-refractivity contribution in [2.24, 2.45) is 7.05 Å². The first kappa shape index (κ1) is 17.9. The molecule has 28 heavy (non-hydrogen) atoms. The van der Waals surface area contributed by atoms with Gasteiger partial charge < -0.3 is 10.1 Å². The van der Waals surface area contributed by atoms with Crippen LogP contribution in [0.4, 0.5) is 26.5 Å². The molecule has 0 bridgehead atoms. The Morgan fingerprint density at radius 2 is 2.14 bits per heavy atom. The summed E-state index contributed by atoms with van der Waals surface area (Å²) in [5.74, 6) is 0.860. The first-order valence-electron chi connectivity index (χ1n) is 8.91. The summed E-state index contributed by atoms with van der Waals surface area (Å²) < 4.78 is 21.5. The van der Waals surface area contributed by atoms with Crippen LogP contribution in [0.25, 0.3) is 11.1 Å². The first-order chi connectivity index (χ1) is 13.5. The van der Waals surface area contributed by atoms with E-state index >= 15 is 0 Å². The molecule has 0 unspecified atom stereocenters. The summed E-state index contributed by atoms with van der Waals surface area (Å²) in [5, 5.41) is 10.7. The Morgan fingerprint density at radius 3 is 2.75 bits per heavy atom. The van der Waals surface area contributed by atoms with Crippen LogP contribution in [0, 0.1) is 5.82 Å². The van der Waals surface area contributed by atoms with Crippen LogP contribution in [0.15, 0.2) is 42.7 Å². The summed E-state index contributed by atoms with van der Waals surface area (Å²) in [5.41, 5.74) is 1.52. The highest BCUT2D eigenvalue weighted by Crippen LogP contribution is 2.29. The van der Waals surface area contributed by atoms with E-state index in [1.165, 1.54) is 11.0 Å². The number of rotatable bonds is 5. The van der Waals surface area contributed by atoms with Gasteiger partial charge in [-0.25, -0.2) is 18.9 Å². The maximum atomic E-state index is 14.7. The molecule has 1 aliphatic heterocycles. The second-order valence-corrected chi connectivity index (χ2v) is 6.49. The van der Waals surface area contributed by atoms with Crippen LogP contribution in [0.2, 0.25) is 0 Å². The largest absolute Gasteiger partial charge is 0.444 e. The quantitative estimate of drug-likeness (QED) is 0.727. The topological polar surface area (TPSA) is 85.2 Å². The number of aromatic nitrogens is 4. The van der Waals surface area contributed by atoms with Crippen LogP contribution in [0.5, 0.6) is 0 Å². The summed E-state index contributed by atoms with van der Waals surface area (Å²) in [6, 6.07) is 8.23. The van der Waals surface area contributed by atoms with Crippen LogP contribution < -0.4 is 10.2 Å². The molecule has 1 aromatic carbocycles. The number of nitrogens with zero attached hydrogens (tertiary/aromatic N) is 5. The average molecular weight is 382 g/mol. The van der Waals surface area contributed by atoms with Crippen molar-refractivity contribution in [3.8, 4) is 11.1 Å². The molecule has 1 atom stereocenters. The van der Waals surface area contributed by atoms with E-state index < -0.39 is 11.9 Å². The Labute approximate surface area is 160 Å². The third-order valence-electron chi connectivity index (χ3n) is 4.64. The van der Waals surface area contributed by atoms with Gasteiger partial charge in [-0.15, -0.1) is 5.10 Å². The van der Waals surface area contributed by atoms with Crippen molar-refractivity contribution >= 4 is 23.4 Å². The maximum absolute atomic E-state index is 14.7. The van der Waals surface area contributed by atoms with Crippen LogP contribution >= 0.6 is 0 Å². The minimum atomic E-state index is -0.444. The van der Waals surface area contributed by atoms with Crippen LogP contribution in [-0.2, 0) is 11.8 Å². The lowest BCUT2D eigenvalue weighted by Gasteiger charge is -2.14. The maximum Gasteiger partial charge on any atom is 0.414 e. The number of hydrogen-bond acceptors (Lipinski definition) is 6. The number of halogens is 1. The van der Waals surface area contributed by atoms with E-state index in [9.17, 15) is 9.18 Å². The molecular formula is C19H19FN6O2. The third kappa shape index (κ3) is 3.38. The van der Waals surface area contributed by atoms with E-state index in [1.807, 2.05) is 6.92 Å². The Bertz CT molecular complexity index is 1000. The Kier molecular flexibility index (Phi) is 4.64. The van der Waals surface area contributed by atoms with Gasteiger partial charge >= 0.3 is 6.09 Å². The Morgan fingerprint density at radius 1 is 1.29 bits per heavy atom. The van der Waals surface area contributed by atoms with Crippen molar-refractivity contribution in [3.05, 3.63) is 48.5 Å². The van der Waals surface area contributed by atoms with Crippen molar-refractivity contribution in [1.29, 1.82) is 0 Å². The summed E-state index contributed by atoms with van der Waals surface area (Å²) in [7, 11) is 1.76. The molecule has 0 radical (unpaired) electrons. The second-order valence-electron chi connectivity index (χ2n) is 6.49. The fourth-order valence-electron chi connectivity index (χ4n) is 3.01. The van der Waals surface area contributed by atoms with E-state index in [2.05, 4.69) is 20.6 Å². The van der Waals surface area contributed by atoms with Crippen molar-refractivity contribution in [1.82, 2.24) is 20.0 Å². The molecule has 1 aliphatic rings. The number of carbonyl (C=O) groups excluding carboxylic acids is 1. The molecule has 0 aliphatic carbocycles. The molecule has 1 saturated heterocycles. The van der Waals surface area contributed by atoms with E-state index in [0.717, 1.165) is 6.42 Å².